The Hall–Kier alpha value is -3.55. The van der Waals surface area contributed by atoms with Crippen LogP contribution in [0.5, 0.6) is 11.5 Å². The molecule has 0 aromatic heterocycles. The maximum atomic E-state index is 12.2. The first-order valence-corrected chi connectivity index (χ1v) is 8.40. The Morgan fingerprint density at radius 3 is 2.52 bits per heavy atom. The van der Waals surface area contributed by atoms with E-state index >= 15 is 0 Å². The van der Waals surface area contributed by atoms with Gasteiger partial charge in [-0.2, -0.15) is 5.10 Å². The van der Waals surface area contributed by atoms with Crippen molar-refractivity contribution in [3.63, 3.8) is 0 Å². The standard InChI is InChI=1S/C19H20N4O4/c1-12(22-23-19(25)13-2-4-14(20)5-3-13)10-18(24)21-15-6-7-16-17(11-15)27-9-8-26-16/h2-7,11H,8-10,20H2,1H3,(H,21,24)(H,23,25). The number of hydrogen-bond acceptors (Lipinski definition) is 6. The molecular weight excluding hydrogens is 348 g/mol. The van der Waals surface area contributed by atoms with E-state index in [0.717, 1.165) is 0 Å². The van der Waals surface area contributed by atoms with E-state index in [1.807, 2.05) is 0 Å². The number of carbonyl (C=O) groups excluding carboxylic acids is 2. The molecule has 140 valence electrons. The number of rotatable bonds is 5. The van der Waals surface area contributed by atoms with E-state index in [1.165, 1.54) is 0 Å². The zero-order valence-electron chi connectivity index (χ0n) is 14.8. The molecule has 4 N–H and O–H groups in total. The minimum atomic E-state index is -0.374. The molecule has 0 saturated carbocycles. The van der Waals surface area contributed by atoms with E-state index in [1.54, 1.807) is 49.4 Å². The van der Waals surface area contributed by atoms with Crippen molar-refractivity contribution in [3.05, 3.63) is 48.0 Å². The molecule has 3 rings (SSSR count). The topological polar surface area (TPSA) is 115 Å². The Balaban J connectivity index is 1.53. The average molecular weight is 368 g/mol. The van der Waals surface area contributed by atoms with E-state index < -0.39 is 0 Å². The molecule has 1 aliphatic rings. The molecule has 2 amide bonds. The van der Waals surface area contributed by atoms with E-state index in [4.69, 9.17) is 15.2 Å². The van der Waals surface area contributed by atoms with E-state index in [2.05, 4.69) is 15.8 Å². The first-order valence-electron chi connectivity index (χ1n) is 8.40. The monoisotopic (exact) mass is 368 g/mol. The molecule has 8 heteroatoms. The number of carbonyl (C=O) groups is 2. The lowest BCUT2D eigenvalue weighted by Gasteiger charge is -2.19. The SMILES string of the molecule is CC(CC(=O)Nc1ccc2c(c1)OCCO2)=NNC(=O)c1ccc(N)cc1. The average Bonchev–Trinajstić information content (AvgIpc) is 2.66. The Bertz CT molecular complexity index is 878. The minimum absolute atomic E-state index is 0.0382. The highest BCUT2D eigenvalue weighted by molar-refractivity contribution is 6.06. The minimum Gasteiger partial charge on any atom is -0.486 e. The number of nitrogens with one attached hydrogen (secondary N) is 2. The van der Waals surface area contributed by atoms with Gasteiger partial charge in [0, 0.05) is 28.7 Å². The lowest BCUT2D eigenvalue weighted by atomic mass is 10.2. The Kier molecular flexibility index (Phi) is 5.55. The summed E-state index contributed by atoms with van der Waals surface area (Å²) in [5.74, 6) is 0.624. The Labute approximate surface area is 156 Å². The number of ether oxygens (including phenoxy) is 2. The van der Waals surface area contributed by atoms with Gasteiger partial charge in [0.25, 0.3) is 5.91 Å². The Morgan fingerprint density at radius 2 is 1.78 bits per heavy atom. The molecule has 0 atom stereocenters. The molecule has 0 fully saturated rings. The fourth-order valence-electron chi connectivity index (χ4n) is 2.44. The van der Waals surface area contributed by atoms with Gasteiger partial charge >= 0.3 is 0 Å². The van der Waals surface area contributed by atoms with Crippen molar-refractivity contribution in [1.29, 1.82) is 0 Å². The molecular formula is C19H20N4O4. The molecule has 0 unspecified atom stereocenters. The number of fused-ring (bicyclic) bond motifs is 1. The molecule has 8 nitrogen and oxygen atoms in total. The van der Waals surface area contributed by atoms with Gasteiger partial charge in [-0.3, -0.25) is 9.59 Å². The van der Waals surface area contributed by atoms with Crippen molar-refractivity contribution in [2.45, 2.75) is 13.3 Å². The molecule has 0 bridgehead atoms. The lowest BCUT2D eigenvalue weighted by molar-refractivity contribution is -0.115. The van der Waals surface area contributed by atoms with E-state index in [-0.39, 0.29) is 18.2 Å². The summed E-state index contributed by atoms with van der Waals surface area (Å²) in [5.41, 5.74) is 10.1. The van der Waals surface area contributed by atoms with Crippen molar-refractivity contribution in [2.24, 2.45) is 5.10 Å². The maximum Gasteiger partial charge on any atom is 0.271 e. The first kappa shape index (κ1) is 18.2. The summed E-state index contributed by atoms with van der Waals surface area (Å²) in [5, 5.41) is 6.72. The van der Waals surface area contributed by atoms with Crippen LogP contribution in [0.1, 0.15) is 23.7 Å². The Morgan fingerprint density at radius 1 is 1.07 bits per heavy atom. The normalized spacial score (nSPS) is 13.0. The third-order valence-electron chi connectivity index (χ3n) is 3.76. The van der Waals surface area contributed by atoms with E-state index in [9.17, 15) is 9.59 Å². The largest absolute Gasteiger partial charge is 0.486 e. The number of benzene rings is 2. The molecule has 2 aromatic carbocycles. The van der Waals surface area contributed by atoms with Crippen LogP contribution >= 0.6 is 0 Å². The van der Waals surface area contributed by atoms with Gasteiger partial charge in [-0.25, -0.2) is 5.43 Å². The molecule has 27 heavy (non-hydrogen) atoms. The van der Waals surface area contributed by atoms with Gasteiger partial charge in [0.05, 0.1) is 6.42 Å². The molecule has 0 saturated heterocycles. The van der Waals surface area contributed by atoms with Crippen molar-refractivity contribution >= 4 is 28.9 Å². The van der Waals surface area contributed by atoms with Crippen LogP contribution in [0.2, 0.25) is 0 Å². The third kappa shape index (κ3) is 4.97. The van der Waals surface area contributed by atoms with Crippen LogP contribution in [0.4, 0.5) is 11.4 Å². The van der Waals surface area contributed by atoms with Gasteiger partial charge in [-0.15, -0.1) is 0 Å². The number of nitrogens with zero attached hydrogens (tertiary/aromatic N) is 1. The van der Waals surface area contributed by atoms with Crippen LogP contribution in [0, 0.1) is 0 Å². The summed E-state index contributed by atoms with van der Waals surface area (Å²) in [6, 6.07) is 11.7. The zero-order chi connectivity index (χ0) is 19.2. The van der Waals surface area contributed by atoms with Gasteiger partial charge in [0.15, 0.2) is 11.5 Å². The predicted octanol–water partition coefficient (Wildman–Crippen LogP) is 2.17. The highest BCUT2D eigenvalue weighted by Crippen LogP contribution is 2.32. The highest BCUT2D eigenvalue weighted by atomic mass is 16.6. The summed E-state index contributed by atoms with van der Waals surface area (Å²) in [6.07, 6.45) is 0.0382. The number of hydrogen-bond donors (Lipinski definition) is 3. The molecule has 2 aromatic rings. The zero-order valence-corrected chi connectivity index (χ0v) is 14.8. The van der Waals surface area contributed by atoms with Crippen LogP contribution < -0.4 is 25.9 Å². The van der Waals surface area contributed by atoms with Crippen LogP contribution in [-0.4, -0.2) is 30.7 Å². The number of nitrogens with two attached hydrogens (primary N) is 1. The second kappa shape index (κ2) is 8.22. The molecule has 0 aliphatic carbocycles. The van der Waals surface area contributed by atoms with Gasteiger partial charge in [0.1, 0.15) is 13.2 Å². The van der Waals surface area contributed by atoms with Crippen molar-refractivity contribution in [3.8, 4) is 11.5 Å². The van der Waals surface area contributed by atoms with Gasteiger partial charge in [-0.1, -0.05) is 0 Å². The van der Waals surface area contributed by atoms with E-state index in [0.29, 0.717) is 47.4 Å². The second-order valence-electron chi connectivity index (χ2n) is 5.99. The van der Waals surface area contributed by atoms with Crippen LogP contribution in [0.25, 0.3) is 0 Å². The van der Waals surface area contributed by atoms with Crippen LogP contribution in [0.15, 0.2) is 47.6 Å². The quantitative estimate of drug-likeness (QED) is 0.425. The summed E-state index contributed by atoms with van der Waals surface area (Å²) >= 11 is 0. The molecule has 0 radical (unpaired) electrons. The first-order chi connectivity index (χ1) is 13.0. The van der Waals surface area contributed by atoms with Gasteiger partial charge < -0.3 is 20.5 Å². The number of anilines is 2. The molecule has 0 spiro atoms. The smallest absolute Gasteiger partial charge is 0.271 e. The van der Waals surface area contributed by atoms with Crippen molar-refractivity contribution < 1.29 is 19.1 Å². The number of nitrogen functional groups attached to an aromatic ring is 1. The fourth-order valence-corrected chi connectivity index (χ4v) is 2.44. The maximum absolute atomic E-state index is 12.2. The third-order valence-corrected chi connectivity index (χ3v) is 3.76. The second-order valence-corrected chi connectivity index (χ2v) is 5.99. The summed E-state index contributed by atoms with van der Waals surface area (Å²) in [7, 11) is 0. The number of hydrazone groups is 1. The van der Waals surface area contributed by atoms with Crippen LogP contribution in [0.3, 0.4) is 0 Å². The van der Waals surface area contributed by atoms with Gasteiger partial charge in [-0.05, 0) is 43.3 Å². The van der Waals surface area contributed by atoms with Crippen molar-refractivity contribution in [1.82, 2.24) is 5.43 Å². The predicted molar refractivity (Wildman–Crippen MR) is 102 cm³/mol. The van der Waals surface area contributed by atoms with Crippen molar-refractivity contribution in [2.75, 3.05) is 24.3 Å². The lowest BCUT2D eigenvalue weighted by Crippen LogP contribution is -2.21. The molecule has 1 heterocycles. The summed E-state index contributed by atoms with van der Waals surface area (Å²) < 4.78 is 10.9. The highest BCUT2D eigenvalue weighted by Gasteiger charge is 2.13. The van der Waals surface area contributed by atoms with Gasteiger partial charge in [0.2, 0.25) is 5.91 Å². The summed E-state index contributed by atoms with van der Waals surface area (Å²) in [6.45, 7) is 2.65. The fraction of sp³-hybridized carbons (Fsp3) is 0.211. The summed E-state index contributed by atoms with van der Waals surface area (Å²) in [4.78, 5) is 24.1. The molecule has 1 aliphatic heterocycles. The van der Waals surface area contributed by atoms with Crippen LogP contribution in [-0.2, 0) is 4.79 Å². The number of amides is 2.